The Labute approximate surface area is 104 Å². The number of hydrogen-bond acceptors (Lipinski definition) is 2. The van der Waals surface area contributed by atoms with Gasteiger partial charge in [-0.25, -0.2) is 0 Å². The van der Waals surface area contributed by atoms with Crippen LogP contribution < -0.4 is 0 Å². The van der Waals surface area contributed by atoms with E-state index in [9.17, 15) is 4.79 Å². The van der Waals surface area contributed by atoms with E-state index in [2.05, 4.69) is 4.90 Å². The highest BCUT2D eigenvalue weighted by atomic mass is 16.4. The first kappa shape index (κ1) is 12.9. The van der Waals surface area contributed by atoms with Gasteiger partial charge in [-0.1, -0.05) is 32.1 Å². The van der Waals surface area contributed by atoms with E-state index < -0.39 is 5.97 Å². The maximum atomic E-state index is 11.0. The molecule has 1 unspecified atom stereocenters. The lowest BCUT2D eigenvalue weighted by Gasteiger charge is -2.32. The van der Waals surface area contributed by atoms with Gasteiger partial charge in [-0.15, -0.1) is 0 Å². The summed E-state index contributed by atoms with van der Waals surface area (Å²) in [6.45, 7) is 3.01. The maximum Gasteiger partial charge on any atom is 0.307 e. The van der Waals surface area contributed by atoms with E-state index in [-0.39, 0.29) is 5.92 Å². The summed E-state index contributed by atoms with van der Waals surface area (Å²) in [4.78, 5) is 13.4. The summed E-state index contributed by atoms with van der Waals surface area (Å²) in [5.74, 6) is 0.191. The molecule has 1 aliphatic carbocycles. The third-order valence-electron chi connectivity index (χ3n) is 4.43. The lowest BCUT2D eigenvalue weighted by Crippen LogP contribution is -2.39. The number of aliphatic carboxylic acids is 1. The van der Waals surface area contributed by atoms with Gasteiger partial charge in [0.15, 0.2) is 0 Å². The molecule has 3 heteroatoms. The van der Waals surface area contributed by atoms with Crippen LogP contribution in [-0.4, -0.2) is 35.6 Å². The first-order valence-corrected chi connectivity index (χ1v) is 7.21. The molecule has 2 aliphatic rings. The molecule has 1 saturated carbocycles. The summed E-state index contributed by atoms with van der Waals surface area (Å²) < 4.78 is 0. The summed E-state index contributed by atoms with van der Waals surface area (Å²) >= 11 is 0. The van der Waals surface area contributed by atoms with Gasteiger partial charge in [0.25, 0.3) is 0 Å². The van der Waals surface area contributed by atoms with Crippen molar-refractivity contribution < 1.29 is 9.90 Å². The zero-order valence-electron chi connectivity index (χ0n) is 10.7. The minimum absolute atomic E-state index is 0.116. The molecular formula is C14H25NO2. The molecule has 2 rings (SSSR count). The van der Waals surface area contributed by atoms with Gasteiger partial charge in [0.1, 0.15) is 0 Å². The summed E-state index contributed by atoms with van der Waals surface area (Å²) in [5, 5.41) is 9.05. The van der Waals surface area contributed by atoms with Crippen molar-refractivity contribution in [2.75, 3.05) is 19.6 Å². The van der Waals surface area contributed by atoms with Crippen LogP contribution in [0.1, 0.15) is 51.4 Å². The molecule has 0 aromatic carbocycles. The van der Waals surface area contributed by atoms with Gasteiger partial charge in [0.05, 0.1) is 5.92 Å². The predicted octanol–water partition coefficient (Wildman–Crippen LogP) is 2.75. The second-order valence-electron chi connectivity index (χ2n) is 5.77. The Balaban J connectivity index is 1.69. The second kappa shape index (κ2) is 6.39. The Bertz CT molecular complexity index is 249. The van der Waals surface area contributed by atoms with Crippen molar-refractivity contribution in [1.82, 2.24) is 4.90 Å². The van der Waals surface area contributed by atoms with Crippen molar-refractivity contribution in [1.29, 1.82) is 0 Å². The minimum Gasteiger partial charge on any atom is -0.481 e. The Kier molecular flexibility index (Phi) is 4.84. The Morgan fingerprint density at radius 2 is 1.88 bits per heavy atom. The van der Waals surface area contributed by atoms with Gasteiger partial charge in [-0.05, 0) is 38.3 Å². The average molecular weight is 239 g/mol. The summed E-state index contributed by atoms with van der Waals surface area (Å²) in [6, 6.07) is 0. The molecule has 0 amide bonds. The number of hydrogen-bond donors (Lipinski definition) is 1. The summed E-state index contributed by atoms with van der Waals surface area (Å²) in [6.07, 6.45) is 10.2. The maximum absolute atomic E-state index is 11.0. The average Bonchev–Trinajstić information content (AvgIpc) is 2.38. The van der Waals surface area contributed by atoms with Gasteiger partial charge < -0.3 is 10.0 Å². The fourth-order valence-corrected chi connectivity index (χ4v) is 3.30. The fourth-order valence-electron chi connectivity index (χ4n) is 3.30. The molecule has 1 heterocycles. The second-order valence-corrected chi connectivity index (χ2v) is 5.77. The van der Waals surface area contributed by atoms with Crippen LogP contribution in [0, 0.1) is 11.8 Å². The number of carboxylic acids is 1. The van der Waals surface area contributed by atoms with E-state index in [1.807, 2.05) is 0 Å². The van der Waals surface area contributed by atoms with Crippen LogP contribution in [0.15, 0.2) is 0 Å². The normalized spacial score (nSPS) is 28.1. The monoisotopic (exact) mass is 239 g/mol. The van der Waals surface area contributed by atoms with E-state index in [4.69, 9.17) is 5.11 Å². The zero-order chi connectivity index (χ0) is 12.1. The highest BCUT2D eigenvalue weighted by Crippen LogP contribution is 2.27. The smallest absolute Gasteiger partial charge is 0.307 e. The molecule has 1 N–H and O–H groups in total. The molecule has 0 bridgehead atoms. The third-order valence-corrected chi connectivity index (χ3v) is 4.43. The molecule has 0 aromatic heterocycles. The molecule has 1 saturated heterocycles. The van der Waals surface area contributed by atoms with E-state index >= 15 is 0 Å². The van der Waals surface area contributed by atoms with E-state index in [0.717, 1.165) is 38.4 Å². The van der Waals surface area contributed by atoms with Crippen LogP contribution in [0.4, 0.5) is 0 Å². The van der Waals surface area contributed by atoms with Crippen LogP contribution in [-0.2, 0) is 4.79 Å². The van der Waals surface area contributed by atoms with E-state index in [0.29, 0.717) is 0 Å². The number of likely N-dealkylation sites (tertiary alicyclic amines) is 1. The Morgan fingerprint density at radius 1 is 1.12 bits per heavy atom. The van der Waals surface area contributed by atoms with Gasteiger partial charge in [0, 0.05) is 6.54 Å². The predicted molar refractivity (Wildman–Crippen MR) is 68.0 cm³/mol. The molecule has 0 aromatic rings. The van der Waals surface area contributed by atoms with Crippen LogP contribution in [0.3, 0.4) is 0 Å². The van der Waals surface area contributed by atoms with Crippen molar-refractivity contribution in [2.45, 2.75) is 51.4 Å². The summed E-state index contributed by atoms with van der Waals surface area (Å²) in [7, 11) is 0. The van der Waals surface area contributed by atoms with Crippen LogP contribution >= 0.6 is 0 Å². The van der Waals surface area contributed by atoms with Crippen LogP contribution in [0.5, 0.6) is 0 Å². The van der Waals surface area contributed by atoms with Gasteiger partial charge >= 0.3 is 5.97 Å². The highest BCUT2D eigenvalue weighted by molar-refractivity contribution is 5.70. The van der Waals surface area contributed by atoms with Crippen molar-refractivity contribution in [3.05, 3.63) is 0 Å². The van der Waals surface area contributed by atoms with Gasteiger partial charge in [-0.2, -0.15) is 0 Å². The quantitative estimate of drug-likeness (QED) is 0.820. The first-order chi connectivity index (χ1) is 8.25. The van der Waals surface area contributed by atoms with Crippen molar-refractivity contribution >= 4 is 5.97 Å². The lowest BCUT2D eigenvalue weighted by atomic mass is 9.86. The molecule has 0 spiro atoms. The molecule has 1 atom stereocenters. The van der Waals surface area contributed by atoms with E-state index in [1.54, 1.807) is 0 Å². The van der Waals surface area contributed by atoms with Gasteiger partial charge in [-0.3, -0.25) is 4.79 Å². The topological polar surface area (TPSA) is 40.5 Å². The zero-order valence-corrected chi connectivity index (χ0v) is 10.7. The van der Waals surface area contributed by atoms with Crippen molar-refractivity contribution in [3.63, 3.8) is 0 Å². The molecule has 3 nitrogen and oxygen atoms in total. The molecular weight excluding hydrogens is 214 g/mol. The van der Waals surface area contributed by atoms with Crippen LogP contribution in [0.25, 0.3) is 0 Å². The van der Waals surface area contributed by atoms with Crippen molar-refractivity contribution in [2.24, 2.45) is 11.8 Å². The standard InChI is InChI=1S/C14H25NO2/c16-14(17)13-7-4-9-15(11-13)10-8-12-5-2-1-3-6-12/h12-13H,1-11H2,(H,16,17). The molecule has 17 heavy (non-hydrogen) atoms. The third kappa shape index (κ3) is 3.98. The highest BCUT2D eigenvalue weighted by Gasteiger charge is 2.25. The largest absolute Gasteiger partial charge is 0.481 e. The van der Waals surface area contributed by atoms with Gasteiger partial charge in [0.2, 0.25) is 0 Å². The lowest BCUT2D eigenvalue weighted by molar-refractivity contribution is -0.143. The number of nitrogens with zero attached hydrogens (tertiary/aromatic N) is 1. The molecule has 2 fully saturated rings. The minimum atomic E-state index is -0.604. The number of rotatable bonds is 4. The van der Waals surface area contributed by atoms with Crippen molar-refractivity contribution in [3.8, 4) is 0 Å². The number of piperidine rings is 1. The Morgan fingerprint density at radius 3 is 2.59 bits per heavy atom. The SMILES string of the molecule is O=C(O)C1CCCN(CCC2CCCCC2)C1. The van der Waals surface area contributed by atoms with E-state index in [1.165, 1.54) is 38.5 Å². The Hall–Kier alpha value is -0.570. The first-order valence-electron chi connectivity index (χ1n) is 7.21. The molecule has 0 radical (unpaired) electrons. The number of carboxylic acid groups (broad SMARTS) is 1. The number of carbonyl (C=O) groups is 1. The summed E-state index contributed by atoms with van der Waals surface area (Å²) in [5.41, 5.74) is 0. The molecule has 98 valence electrons. The van der Waals surface area contributed by atoms with Crippen LogP contribution in [0.2, 0.25) is 0 Å². The molecule has 1 aliphatic heterocycles. The fraction of sp³-hybridized carbons (Fsp3) is 0.929.